The fourth-order valence-corrected chi connectivity index (χ4v) is 3.26. The van der Waals surface area contributed by atoms with Gasteiger partial charge in [-0.2, -0.15) is 10.1 Å². The molecule has 2 fully saturated rings. The van der Waals surface area contributed by atoms with Gasteiger partial charge in [0.1, 0.15) is 0 Å². The van der Waals surface area contributed by atoms with Crippen LogP contribution in [-0.2, 0) is 19.2 Å². The molecule has 0 radical (unpaired) electrons. The predicted octanol–water partition coefficient (Wildman–Crippen LogP) is -0.458. The summed E-state index contributed by atoms with van der Waals surface area (Å²) in [5, 5.41) is 19.0. The molecule has 2 heterocycles. The first kappa shape index (κ1) is 20.8. The third-order valence-corrected chi connectivity index (χ3v) is 4.87. The van der Waals surface area contributed by atoms with Gasteiger partial charge in [0.25, 0.3) is 23.6 Å². The molecule has 0 aromatic rings. The molecule has 0 spiro atoms. The lowest BCUT2D eigenvalue weighted by Crippen LogP contribution is -2.44. The largest absolute Gasteiger partial charge is 0.309 e. The molecule has 2 rings (SSSR count). The number of carbonyl (C=O) groups excluding carboxylic acids is 4. The molecular weight excluding hydrogens is 358 g/mol. The summed E-state index contributed by atoms with van der Waals surface area (Å²) < 4.78 is 0. The Hall–Kier alpha value is -2.46. The van der Waals surface area contributed by atoms with Crippen molar-refractivity contribution in [3.05, 3.63) is 0 Å². The van der Waals surface area contributed by atoms with Gasteiger partial charge in [-0.25, -0.2) is 9.98 Å². The minimum absolute atomic E-state index is 0.0166. The number of carbonyl (C=O) groups is 4. The summed E-state index contributed by atoms with van der Waals surface area (Å²) in [7, 11) is 3.74. The van der Waals surface area contributed by atoms with E-state index in [-0.39, 0.29) is 28.9 Å². The quantitative estimate of drug-likeness (QED) is 0.345. The summed E-state index contributed by atoms with van der Waals surface area (Å²) in [6.45, 7) is 2.48. The van der Waals surface area contributed by atoms with Crippen molar-refractivity contribution in [3.8, 4) is 0 Å². The Labute approximate surface area is 155 Å². The van der Waals surface area contributed by atoms with Crippen molar-refractivity contribution in [2.45, 2.75) is 44.2 Å². The Morgan fingerprint density at radius 3 is 2.33 bits per heavy atom. The molecule has 2 saturated heterocycles. The van der Waals surface area contributed by atoms with E-state index in [0.717, 1.165) is 0 Å². The van der Waals surface area contributed by atoms with E-state index in [1.54, 1.807) is 0 Å². The summed E-state index contributed by atoms with van der Waals surface area (Å²) in [6.07, 6.45) is 0.381. The molecule has 27 heavy (non-hydrogen) atoms. The van der Waals surface area contributed by atoms with Crippen molar-refractivity contribution in [2.24, 2.45) is 15.9 Å². The van der Waals surface area contributed by atoms with Gasteiger partial charge in [-0.15, -0.1) is 0 Å². The highest BCUT2D eigenvalue weighted by Crippen LogP contribution is 2.38. The van der Waals surface area contributed by atoms with Gasteiger partial charge in [-0.1, -0.05) is 13.3 Å². The van der Waals surface area contributed by atoms with Gasteiger partial charge < -0.3 is 4.90 Å². The van der Waals surface area contributed by atoms with E-state index in [1.165, 1.54) is 0 Å². The standard InChI is InChI=1S/C16H23N5O6/c1-4-10(5-6-19(2)3)16(8-13(23)21(27)15(16)25)18-9-17-11-7-12(22)20(26)14(11)24/h10-11,26-27H,4-8H2,1-3H3. The summed E-state index contributed by atoms with van der Waals surface area (Å²) in [5.41, 5.74) is -1.56. The average molecular weight is 381 g/mol. The van der Waals surface area contributed by atoms with E-state index in [9.17, 15) is 29.6 Å². The molecule has 148 valence electrons. The Morgan fingerprint density at radius 1 is 1.22 bits per heavy atom. The lowest BCUT2D eigenvalue weighted by molar-refractivity contribution is -0.173. The molecule has 0 aliphatic carbocycles. The Kier molecular flexibility index (Phi) is 6.22. The maximum atomic E-state index is 12.6. The van der Waals surface area contributed by atoms with Crippen LogP contribution in [0.25, 0.3) is 0 Å². The first-order valence-corrected chi connectivity index (χ1v) is 8.57. The van der Waals surface area contributed by atoms with Crippen LogP contribution in [0.1, 0.15) is 32.6 Å². The van der Waals surface area contributed by atoms with Crippen LogP contribution in [0.3, 0.4) is 0 Å². The highest BCUT2D eigenvalue weighted by Gasteiger charge is 2.56. The molecular formula is C16H23N5O6. The van der Waals surface area contributed by atoms with Gasteiger partial charge in [0.2, 0.25) is 0 Å². The van der Waals surface area contributed by atoms with E-state index in [1.807, 2.05) is 25.9 Å². The number of aliphatic imine (C=N–C) groups is 2. The van der Waals surface area contributed by atoms with Gasteiger partial charge in [-0.05, 0) is 33.0 Å². The number of hydrogen-bond acceptors (Lipinski definition) is 9. The normalized spacial score (nSPS) is 26.8. The monoisotopic (exact) mass is 381 g/mol. The Balaban J connectivity index is 2.35. The molecule has 0 aromatic heterocycles. The topological polar surface area (TPSA) is 143 Å². The summed E-state index contributed by atoms with van der Waals surface area (Å²) in [5.74, 6) is -3.71. The SMILES string of the molecule is CCC(CCN(C)C)C1(N=C=NC2CC(=O)N(O)C2=O)CC(=O)N(O)C1=O. The van der Waals surface area contributed by atoms with Crippen LogP contribution in [0.5, 0.6) is 0 Å². The van der Waals surface area contributed by atoms with Crippen LogP contribution in [-0.4, -0.2) is 87.3 Å². The molecule has 2 N–H and O–H groups in total. The third kappa shape index (κ3) is 3.96. The highest BCUT2D eigenvalue weighted by atomic mass is 16.5. The van der Waals surface area contributed by atoms with Crippen LogP contribution >= 0.6 is 0 Å². The maximum Gasteiger partial charge on any atom is 0.282 e. The molecule has 11 heteroatoms. The molecule has 4 amide bonds. The first-order chi connectivity index (χ1) is 12.6. The average Bonchev–Trinajstić information content (AvgIpc) is 2.98. The van der Waals surface area contributed by atoms with E-state index in [0.29, 0.717) is 19.4 Å². The Morgan fingerprint density at radius 2 is 1.89 bits per heavy atom. The van der Waals surface area contributed by atoms with Crippen molar-refractivity contribution in [1.82, 2.24) is 15.0 Å². The van der Waals surface area contributed by atoms with Crippen LogP contribution in [0.15, 0.2) is 9.98 Å². The second-order valence-corrected chi connectivity index (χ2v) is 6.91. The minimum atomic E-state index is -1.56. The molecule has 3 unspecified atom stereocenters. The van der Waals surface area contributed by atoms with Crippen molar-refractivity contribution < 1.29 is 29.6 Å². The first-order valence-electron chi connectivity index (χ1n) is 8.57. The fourth-order valence-electron chi connectivity index (χ4n) is 3.26. The van der Waals surface area contributed by atoms with E-state index < -0.39 is 35.2 Å². The molecule has 0 aromatic carbocycles. The maximum absolute atomic E-state index is 12.6. The number of amides is 4. The second kappa shape index (κ2) is 8.05. The summed E-state index contributed by atoms with van der Waals surface area (Å²) >= 11 is 0. The fraction of sp³-hybridized carbons (Fsp3) is 0.688. The minimum Gasteiger partial charge on any atom is -0.309 e. The summed E-state index contributed by atoms with van der Waals surface area (Å²) in [6, 6.07) is 1.09. The Bertz CT molecular complexity index is 716. The zero-order chi connectivity index (χ0) is 20.4. The molecule has 0 saturated carbocycles. The van der Waals surface area contributed by atoms with Crippen LogP contribution in [0, 0.1) is 5.92 Å². The van der Waals surface area contributed by atoms with Crippen LogP contribution < -0.4 is 0 Å². The van der Waals surface area contributed by atoms with Gasteiger partial charge in [0.05, 0.1) is 18.9 Å². The van der Waals surface area contributed by atoms with E-state index >= 15 is 0 Å². The van der Waals surface area contributed by atoms with E-state index in [2.05, 4.69) is 16.0 Å². The molecule has 2 aliphatic rings. The molecule has 3 atom stereocenters. The molecule has 0 bridgehead atoms. The van der Waals surface area contributed by atoms with Crippen molar-refractivity contribution >= 4 is 29.6 Å². The zero-order valence-electron chi connectivity index (χ0n) is 15.5. The summed E-state index contributed by atoms with van der Waals surface area (Å²) in [4.78, 5) is 57.2. The number of hydroxylamine groups is 4. The van der Waals surface area contributed by atoms with Crippen LogP contribution in [0.4, 0.5) is 0 Å². The molecule has 11 nitrogen and oxygen atoms in total. The number of nitrogens with zero attached hydrogens (tertiary/aromatic N) is 5. The van der Waals surface area contributed by atoms with Gasteiger partial charge in [-0.3, -0.25) is 29.6 Å². The third-order valence-electron chi connectivity index (χ3n) is 4.87. The smallest absolute Gasteiger partial charge is 0.282 e. The zero-order valence-corrected chi connectivity index (χ0v) is 15.5. The number of hydrogen-bond donors (Lipinski definition) is 2. The lowest BCUT2D eigenvalue weighted by Gasteiger charge is -2.30. The lowest BCUT2D eigenvalue weighted by atomic mass is 9.79. The van der Waals surface area contributed by atoms with Crippen molar-refractivity contribution in [2.75, 3.05) is 20.6 Å². The van der Waals surface area contributed by atoms with Gasteiger partial charge >= 0.3 is 0 Å². The van der Waals surface area contributed by atoms with Gasteiger partial charge in [0, 0.05) is 0 Å². The highest BCUT2D eigenvalue weighted by molar-refractivity contribution is 6.08. The van der Waals surface area contributed by atoms with Crippen molar-refractivity contribution in [1.29, 1.82) is 0 Å². The van der Waals surface area contributed by atoms with E-state index in [4.69, 9.17) is 0 Å². The van der Waals surface area contributed by atoms with Gasteiger partial charge in [0.15, 0.2) is 11.6 Å². The predicted molar refractivity (Wildman–Crippen MR) is 89.8 cm³/mol. The second-order valence-electron chi connectivity index (χ2n) is 6.91. The number of imide groups is 2. The molecule has 2 aliphatic heterocycles. The number of rotatable bonds is 7. The van der Waals surface area contributed by atoms with Crippen molar-refractivity contribution in [3.63, 3.8) is 0 Å². The van der Waals surface area contributed by atoms with Crippen LogP contribution in [0.2, 0.25) is 0 Å².